The first-order valence-electron chi connectivity index (χ1n) is 41.4. The van der Waals surface area contributed by atoms with Crippen LogP contribution < -0.4 is 59.6 Å². The molecule has 1 aliphatic heterocycles. The standard InChI is InChI=1S/C86H99N15O30S2/c1-41-55(128-79(122)64(109)62(44-17-10-7-11-18-44)99-71(112)45-19-12-8-13-20-45)36-86(124)68(130-78(121)47-21-14-9-15-22-47)66-84(6,67(110)65(127-42(2)102)61(41)83(86,4)5)56(35-57-85(66,40-126-57)131-43(3)103)129-82(123)125-31-32-132-133-39-54(77(119)120)98-74(115)53(34-60(107)108)97-72(113)50(23-16-30-90-80(87)88)95-73(114)52(33-59(105)106)94-58(104)29-28-51(76(117)118)96-70(111)46-24-26-48(27-25-46)91-37-49-38-92-69-63(93-49)75(116)101-81(89)100-69/h7-15,17-22,24-27,38,50-57,62,64-66,68,91,109,124H,16,23,28-37,39-40H2,1-6H3,(H,94,104)(H,95,114)(H,96,111)(H,97,113)(H,98,115)(H,99,112)(H,105,106)(H,107,108)(H,117,118)(H,119,120)(H4,87,88,90)(H3,89,92,100,101,116)/t50-,51-,52-,53-,54-,55-,56-,57+,62-,64+,65+,66?,68-,84+,85-,86+/m0/s1. The fourth-order valence-electron chi connectivity index (χ4n) is 16.4. The molecule has 6 aromatic rings. The van der Waals surface area contributed by atoms with Gasteiger partial charge >= 0.3 is 53.9 Å². The van der Waals surface area contributed by atoms with Gasteiger partial charge in [-0.2, -0.15) is 4.98 Å². The summed E-state index contributed by atoms with van der Waals surface area (Å²) in [6.07, 6.45) is -17.1. The number of esters is 4. The van der Waals surface area contributed by atoms with Gasteiger partial charge in [-0.05, 0) is 98.4 Å². The monoisotopic (exact) mass is 1890 g/mol. The van der Waals surface area contributed by atoms with Gasteiger partial charge in [0.2, 0.25) is 29.6 Å². The number of ketones is 1. The maximum absolute atomic E-state index is 16.6. The van der Waals surface area contributed by atoms with Crippen LogP contribution in [-0.2, 0) is 97.2 Å². The Labute approximate surface area is 764 Å². The summed E-state index contributed by atoms with van der Waals surface area (Å²) in [6, 6.07) is 17.7. The van der Waals surface area contributed by atoms with Crippen molar-refractivity contribution >= 4 is 145 Å². The maximum Gasteiger partial charge on any atom is 0.508 e. The van der Waals surface area contributed by atoms with Crippen molar-refractivity contribution in [2.45, 2.75) is 184 Å². The minimum atomic E-state index is -2.68. The minimum absolute atomic E-state index is 0.0153. The normalized spacial score (nSPS) is 21.8. The number of aliphatic hydroxyl groups excluding tert-OH is 1. The molecule has 133 heavy (non-hydrogen) atoms. The third kappa shape index (κ3) is 24.5. The number of hydrogen-bond acceptors (Lipinski definition) is 34. The molecule has 1 saturated heterocycles. The fourth-order valence-corrected chi connectivity index (χ4v) is 18.4. The maximum atomic E-state index is 16.6. The highest BCUT2D eigenvalue weighted by atomic mass is 33.1. The number of aliphatic carboxylic acids is 4. The van der Waals surface area contributed by atoms with Gasteiger partial charge in [0, 0.05) is 73.4 Å². The number of aromatic nitrogens is 4. The number of anilines is 2. The van der Waals surface area contributed by atoms with Crippen molar-refractivity contribution in [3.8, 4) is 0 Å². The first kappa shape index (κ1) is 101. The molecule has 0 spiro atoms. The zero-order chi connectivity index (χ0) is 97.1. The van der Waals surface area contributed by atoms with Crippen molar-refractivity contribution < 1.29 is 141 Å². The molecule has 3 aliphatic carbocycles. The number of aromatic amines is 1. The highest BCUT2D eigenvalue weighted by Gasteiger charge is 2.79. The number of carbonyl (C=O) groups is 16. The molecule has 2 saturated carbocycles. The predicted molar refractivity (Wildman–Crippen MR) is 466 cm³/mol. The van der Waals surface area contributed by atoms with Crippen LogP contribution in [0, 0.1) is 22.2 Å². The number of guanidine groups is 1. The lowest BCUT2D eigenvalue weighted by Crippen LogP contribution is -2.82. The first-order chi connectivity index (χ1) is 63.0. The van der Waals surface area contributed by atoms with Gasteiger partial charge in [-0.25, -0.2) is 33.9 Å². The van der Waals surface area contributed by atoms with Crippen LogP contribution in [-0.4, -0.2) is 261 Å². The van der Waals surface area contributed by atoms with Gasteiger partial charge in [-0.3, -0.25) is 67.9 Å². The molecule has 6 amide bonds. The number of fused-ring (bicyclic) bond motifs is 6. The van der Waals surface area contributed by atoms with E-state index in [-0.39, 0.29) is 75.8 Å². The molecule has 16 atom stereocenters. The Morgan fingerprint density at radius 2 is 1.26 bits per heavy atom. The van der Waals surface area contributed by atoms with E-state index >= 15 is 4.79 Å². The summed E-state index contributed by atoms with van der Waals surface area (Å²) in [6.45, 7) is 6.36. The Morgan fingerprint density at radius 1 is 0.677 bits per heavy atom. The number of ether oxygens (including phenoxy) is 7. The molecular weight excluding hydrogens is 1790 g/mol. The van der Waals surface area contributed by atoms with E-state index in [1.54, 1.807) is 42.5 Å². The molecule has 1 unspecified atom stereocenters. The third-order valence-electron chi connectivity index (χ3n) is 23.0. The van der Waals surface area contributed by atoms with Gasteiger partial charge in [0.1, 0.15) is 66.8 Å². The molecular formula is C86H99N15O30S2. The zero-order valence-corrected chi connectivity index (χ0v) is 73.9. The summed E-state index contributed by atoms with van der Waals surface area (Å²) in [5.74, 6) is -22.4. The second kappa shape index (κ2) is 44.2. The van der Waals surface area contributed by atoms with Crippen molar-refractivity contribution in [3.05, 3.63) is 171 Å². The van der Waals surface area contributed by atoms with E-state index in [0.29, 0.717) is 11.4 Å². The largest absolute Gasteiger partial charge is 0.508 e. The number of carbonyl (C=O) groups excluding carboxylic acids is 12. The smallest absolute Gasteiger partial charge is 0.481 e. The molecule has 3 heterocycles. The number of aliphatic hydroxyl groups is 2. The Balaban J connectivity index is 0.797. The number of benzene rings is 4. The van der Waals surface area contributed by atoms with Crippen LogP contribution in [0.15, 0.2) is 137 Å². The SMILES string of the molecule is CC(=O)O[C@H]1C(=O)[C@@]2(C)C([C@H](OC(=O)c3ccccc3)[C@]3(O)C[C@H](OC(=O)[C@H](O)[C@@H](NC(=O)c4ccccc4)c4ccccc4)C(C)=C1C3(C)C)[C@]1(OC(C)=O)CO[C@@H]1C[C@@H]2OC(=O)OCCSSC[C@H](NC(=O)[C@H](CC(=O)O)NC(=O)[C@H](CCCNC(=N)N)NC(=O)[C@H](CC(=O)O)NC(=O)CC[C@H](NC(=O)c1ccc(NCc2cnc3nc(N)[nH]c(=O)c3n2)cc1)C(=O)O)C(=O)O. The number of amides is 6. The number of nitrogen functional groups attached to an aromatic ring is 1. The van der Waals surface area contributed by atoms with Gasteiger partial charge in [-0.1, -0.05) is 102 Å². The van der Waals surface area contributed by atoms with Gasteiger partial charge in [0.25, 0.3) is 17.4 Å². The highest BCUT2D eigenvalue weighted by molar-refractivity contribution is 8.76. The van der Waals surface area contributed by atoms with Crippen LogP contribution >= 0.6 is 21.6 Å². The minimum Gasteiger partial charge on any atom is -0.481 e. The molecule has 47 heteroatoms. The number of nitrogens with one attached hydrogen (secondary N) is 10. The number of nitrogens with two attached hydrogens (primary N) is 2. The number of hydrogen-bond donors (Lipinski definition) is 18. The summed E-state index contributed by atoms with van der Waals surface area (Å²) in [7, 11) is 1.62. The van der Waals surface area contributed by atoms with E-state index in [1.165, 1.54) is 107 Å². The van der Waals surface area contributed by atoms with Gasteiger partial charge in [-0.15, -0.1) is 0 Å². The van der Waals surface area contributed by atoms with Crippen molar-refractivity contribution in [1.82, 2.24) is 57.2 Å². The van der Waals surface area contributed by atoms with Crippen LogP contribution in [0.1, 0.15) is 141 Å². The average Bonchev–Trinajstić information content (AvgIpc) is 0.665. The zero-order valence-electron chi connectivity index (χ0n) is 72.2. The molecule has 0 radical (unpaired) electrons. The van der Waals surface area contributed by atoms with Gasteiger partial charge < -0.3 is 118 Å². The van der Waals surface area contributed by atoms with E-state index < -0.39 is 271 Å². The van der Waals surface area contributed by atoms with Crippen molar-refractivity contribution in [2.24, 2.45) is 22.5 Å². The lowest BCUT2D eigenvalue weighted by atomic mass is 9.44. The van der Waals surface area contributed by atoms with E-state index in [2.05, 4.69) is 62.5 Å². The summed E-state index contributed by atoms with van der Waals surface area (Å²) in [4.78, 5) is 247. The van der Waals surface area contributed by atoms with Crippen LogP contribution in [0.2, 0.25) is 0 Å². The van der Waals surface area contributed by atoms with E-state index in [1.807, 2.05) is 0 Å². The molecule has 20 N–H and O–H groups in total. The van der Waals surface area contributed by atoms with E-state index in [0.717, 1.165) is 35.4 Å². The number of carboxylic acid groups (broad SMARTS) is 4. The summed E-state index contributed by atoms with van der Waals surface area (Å²) >= 11 is 0. The fraction of sp³-hybridized carbons (Fsp3) is 0.430. The van der Waals surface area contributed by atoms with Gasteiger partial charge in [0.15, 0.2) is 40.7 Å². The molecule has 3 fully saturated rings. The van der Waals surface area contributed by atoms with Crippen molar-refractivity contribution in [1.29, 1.82) is 5.41 Å². The van der Waals surface area contributed by atoms with E-state index in [9.17, 15) is 107 Å². The third-order valence-corrected chi connectivity index (χ3v) is 25.4. The van der Waals surface area contributed by atoms with E-state index in [4.69, 9.17) is 50.0 Å². The molecule has 2 aromatic heterocycles. The average molecular weight is 1890 g/mol. The van der Waals surface area contributed by atoms with Gasteiger partial charge in [0.05, 0.1) is 60.8 Å². The second-order valence-electron chi connectivity index (χ2n) is 32.3. The molecule has 4 aromatic carbocycles. The Bertz CT molecular complexity index is 5530. The molecule has 2 bridgehead atoms. The lowest BCUT2D eigenvalue weighted by Gasteiger charge is -2.67. The summed E-state index contributed by atoms with van der Waals surface area (Å²) in [5, 5.41) is 93.3. The number of rotatable bonds is 42. The number of carboxylic acids is 4. The number of nitrogens with zero attached hydrogens (tertiary/aromatic N) is 3. The summed E-state index contributed by atoms with van der Waals surface area (Å²) in [5.41, 5.74) is 2.04. The predicted octanol–water partition coefficient (Wildman–Crippen LogP) is 1.40. The quantitative estimate of drug-likeness (QED) is 0.00490. The van der Waals surface area contributed by atoms with Crippen LogP contribution in [0.4, 0.5) is 16.4 Å². The van der Waals surface area contributed by atoms with Crippen LogP contribution in [0.5, 0.6) is 0 Å². The summed E-state index contributed by atoms with van der Waals surface area (Å²) < 4.78 is 42.8. The molecule has 10 rings (SSSR count). The number of H-pyrrole nitrogens is 1. The van der Waals surface area contributed by atoms with Crippen LogP contribution in [0.3, 0.4) is 0 Å². The molecule has 45 nitrogen and oxygen atoms in total. The van der Waals surface area contributed by atoms with Crippen LogP contribution in [0.25, 0.3) is 11.2 Å². The second-order valence-corrected chi connectivity index (χ2v) is 34.9. The topological polar surface area (TPSA) is 703 Å². The van der Waals surface area contributed by atoms with Crippen molar-refractivity contribution in [3.63, 3.8) is 0 Å². The Kier molecular flexibility index (Phi) is 33.5. The Morgan fingerprint density at radius 3 is 1.86 bits per heavy atom. The molecule has 4 aliphatic rings. The first-order valence-corrected chi connectivity index (χ1v) is 43.9. The Hall–Kier alpha value is -14.2. The lowest BCUT2D eigenvalue weighted by molar-refractivity contribution is -0.346. The van der Waals surface area contributed by atoms with Crippen molar-refractivity contribution in [2.75, 3.05) is 42.3 Å². The molecule has 710 valence electrons. The number of Topliss-reactive ketones (excluding diaryl/α,β-unsaturated/α-hetero) is 1. The highest BCUT2D eigenvalue weighted by Crippen LogP contribution is 2.65.